The molecule has 140 valence electrons. The van der Waals surface area contributed by atoms with Gasteiger partial charge < -0.3 is 9.80 Å². The van der Waals surface area contributed by atoms with Crippen LogP contribution in [0.25, 0.3) is 11.0 Å². The zero-order chi connectivity index (χ0) is 18.3. The summed E-state index contributed by atoms with van der Waals surface area (Å²) in [5.41, 5.74) is 0.867. The Kier molecular flexibility index (Phi) is 4.54. The standard InChI is InChI=1S/C19H28N6O/c1-13(2)16-21-17-15(11-20-23(17)3)18(22-16)25-10-6-7-14(12-25)19(26)24-8-4-5-9-24/h11,13-14H,4-10,12H2,1-3H3. The molecule has 1 amide bonds. The number of piperidine rings is 1. The van der Waals surface area contributed by atoms with Crippen molar-refractivity contribution in [1.29, 1.82) is 0 Å². The predicted octanol–water partition coefficient (Wildman–Crippen LogP) is 2.33. The van der Waals surface area contributed by atoms with Crippen molar-refractivity contribution in [3.05, 3.63) is 12.0 Å². The summed E-state index contributed by atoms with van der Waals surface area (Å²) in [6.45, 7) is 7.74. The molecule has 26 heavy (non-hydrogen) atoms. The summed E-state index contributed by atoms with van der Waals surface area (Å²) in [6, 6.07) is 0. The van der Waals surface area contributed by atoms with Gasteiger partial charge in [0.1, 0.15) is 11.6 Å². The summed E-state index contributed by atoms with van der Waals surface area (Å²) in [5.74, 6) is 2.42. The van der Waals surface area contributed by atoms with E-state index in [9.17, 15) is 4.79 Å². The number of nitrogens with zero attached hydrogens (tertiary/aromatic N) is 6. The van der Waals surface area contributed by atoms with Crippen molar-refractivity contribution >= 4 is 22.8 Å². The number of aryl methyl sites for hydroxylation is 1. The Hall–Kier alpha value is -2.18. The highest BCUT2D eigenvalue weighted by molar-refractivity contribution is 5.87. The van der Waals surface area contributed by atoms with Crippen molar-refractivity contribution in [2.75, 3.05) is 31.1 Å². The minimum Gasteiger partial charge on any atom is -0.355 e. The van der Waals surface area contributed by atoms with Crippen molar-refractivity contribution in [3.63, 3.8) is 0 Å². The van der Waals surface area contributed by atoms with Gasteiger partial charge in [-0.15, -0.1) is 0 Å². The molecule has 0 bridgehead atoms. The van der Waals surface area contributed by atoms with E-state index in [0.717, 1.165) is 74.5 Å². The SMILES string of the molecule is CC(C)c1nc(N2CCCC(C(=O)N3CCCC3)C2)c2cnn(C)c2n1. The van der Waals surface area contributed by atoms with E-state index in [1.807, 2.05) is 22.8 Å². The molecule has 4 rings (SSSR count). The van der Waals surface area contributed by atoms with Gasteiger partial charge >= 0.3 is 0 Å². The number of likely N-dealkylation sites (tertiary alicyclic amines) is 1. The monoisotopic (exact) mass is 356 g/mol. The number of hydrogen-bond donors (Lipinski definition) is 0. The summed E-state index contributed by atoms with van der Waals surface area (Å²) in [4.78, 5) is 26.8. The lowest BCUT2D eigenvalue weighted by molar-refractivity contribution is -0.134. The maximum Gasteiger partial charge on any atom is 0.227 e. The fraction of sp³-hybridized carbons (Fsp3) is 0.684. The molecule has 1 unspecified atom stereocenters. The Morgan fingerprint density at radius 3 is 2.65 bits per heavy atom. The van der Waals surface area contributed by atoms with Crippen LogP contribution < -0.4 is 4.90 Å². The number of amides is 1. The molecule has 0 saturated carbocycles. The molecule has 2 aliphatic rings. The van der Waals surface area contributed by atoms with E-state index in [-0.39, 0.29) is 11.8 Å². The van der Waals surface area contributed by atoms with E-state index in [4.69, 9.17) is 9.97 Å². The molecule has 7 heteroatoms. The van der Waals surface area contributed by atoms with Crippen molar-refractivity contribution < 1.29 is 4.79 Å². The summed E-state index contributed by atoms with van der Waals surface area (Å²) in [5, 5.41) is 5.36. The van der Waals surface area contributed by atoms with Gasteiger partial charge in [0.15, 0.2) is 5.65 Å². The Bertz CT molecular complexity index is 808. The molecule has 0 aliphatic carbocycles. The molecule has 2 fully saturated rings. The molecule has 0 aromatic carbocycles. The third-order valence-electron chi connectivity index (χ3n) is 5.59. The van der Waals surface area contributed by atoms with Gasteiger partial charge in [-0.2, -0.15) is 5.10 Å². The lowest BCUT2D eigenvalue weighted by atomic mass is 9.96. The number of hydrogen-bond acceptors (Lipinski definition) is 5. The van der Waals surface area contributed by atoms with Crippen molar-refractivity contribution in [2.24, 2.45) is 13.0 Å². The van der Waals surface area contributed by atoms with E-state index in [1.54, 1.807) is 0 Å². The van der Waals surface area contributed by atoms with Crippen LogP contribution in [0.15, 0.2) is 6.20 Å². The molecule has 7 nitrogen and oxygen atoms in total. The maximum absolute atomic E-state index is 12.9. The smallest absolute Gasteiger partial charge is 0.227 e. The van der Waals surface area contributed by atoms with Gasteiger partial charge in [-0.05, 0) is 25.7 Å². The van der Waals surface area contributed by atoms with Gasteiger partial charge in [0.25, 0.3) is 0 Å². The van der Waals surface area contributed by atoms with Gasteiger partial charge in [0.2, 0.25) is 5.91 Å². The average molecular weight is 356 g/mol. The zero-order valence-corrected chi connectivity index (χ0v) is 16.0. The van der Waals surface area contributed by atoms with Crippen LogP contribution in [0.2, 0.25) is 0 Å². The number of rotatable bonds is 3. The lowest BCUT2D eigenvalue weighted by Gasteiger charge is -2.35. The van der Waals surface area contributed by atoms with Crippen LogP contribution in [0, 0.1) is 5.92 Å². The van der Waals surface area contributed by atoms with Gasteiger partial charge in [-0.3, -0.25) is 9.48 Å². The van der Waals surface area contributed by atoms with Crippen molar-refractivity contribution in [1.82, 2.24) is 24.6 Å². The second-order valence-corrected chi connectivity index (χ2v) is 7.88. The molecule has 2 aromatic heterocycles. The third-order valence-corrected chi connectivity index (χ3v) is 5.59. The van der Waals surface area contributed by atoms with Crippen molar-refractivity contribution in [2.45, 2.75) is 45.4 Å². The average Bonchev–Trinajstić information content (AvgIpc) is 3.31. The Balaban J connectivity index is 1.65. The molecule has 4 heterocycles. The molecule has 2 aromatic rings. The summed E-state index contributed by atoms with van der Waals surface area (Å²) >= 11 is 0. The second kappa shape index (κ2) is 6.85. The van der Waals surface area contributed by atoms with Crippen LogP contribution in [0.3, 0.4) is 0 Å². The summed E-state index contributed by atoms with van der Waals surface area (Å²) in [7, 11) is 1.92. The lowest BCUT2D eigenvalue weighted by Crippen LogP contribution is -2.44. The van der Waals surface area contributed by atoms with E-state index < -0.39 is 0 Å². The van der Waals surface area contributed by atoms with E-state index >= 15 is 0 Å². The van der Waals surface area contributed by atoms with Crippen LogP contribution >= 0.6 is 0 Å². The van der Waals surface area contributed by atoms with E-state index in [2.05, 4.69) is 23.8 Å². The van der Waals surface area contributed by atoms with Crippen molar-refractivity contribution in [3.8, 4) is 0 Å². The first-order valence-electron chi connectivity index (χ1n) is 9.78. The van der Waals surface area contributed by atoms with E-state index in [0.29, 0.717) is 5.91 Å². The van der Waals surface area contributed by atoms with Crippen LogP contribution in [0.4, 0.5) is 5.82 Å². The largest absolute Gasteiger partial charge is 0.355 e. The minimum atomic E-state index is 0.0750. The number of aromatic nitrogens is 4. The molecular formula is C19H28N6O. The molecule has 0 N–H and O–H groups in total. The first kappa shape index (κ1) is 17.2. The number of fused-ring (bicyclic) bond motifs is 1. The molecule has 0 radical (unpaired) electrons. The number of carbonyl (C=O) groups excluding carboxylic acids is 1. The molecule has 2 saturated heterocycles. The molecule has 0 spiro atoms. The van der Waals surface area contributed by atoms with Gasteiger partial charge in [-0.25, -0.2) is 9.97 Å². The first-order valence-corrected chi connectivity index (χ1v) is 9.78. The quantitative estimate of drug-likeness (QED) is 0.844. The zero-order valence-electron chi connectivity index (χ0n) is 16.0. The van der Waals surface area contributed by atoms with Gasteiger partial charge in [0.05, 0.1) is 17.5 Å². The Morgan fingerprint density at radius 1 is 1.15 bits per heavy atom. The maximum atomic E-state index is 12.9. The molecule has 2 aliphatic heterocycles. The van der Waals surface area contributed by atoms with Gasteiger partial charge in [0, 0.05) is 39.1 Å². The molecular weight excluding hydrogens is 328 g/mol. The highest BCUT2D eigenvalue weighted by Crippen LogP contribution is 2.30. The summed E-state index contributed by atoms with van der Waals surface area (Å²) < 4.78 is 1.81. The minimum absolute atomic E-state index is 0.0750. The topological polar surface area (TPSA) is 67.2 Å². The Morgan fingerprint density at radius 2 is 1.92 bits per heavy atom. The highest BCUT2D eigenvalue weighted by atomic mass is 16.2. The summed E-state index contributed by atoms with van der Waals surface area (Å²) in [6.07, 6.45) is 6.13. The first-order chi connectivity index (χ1) is 12.5. The van der Waals surface area contributed by atoms with Gasteiger partial charge in [-0.1, -0.05) is 13.8 Å². The third kappa shape index (κ3) is 3.04. The number of anilines is 1. The van der Waals surface area contributed by atoms with E-state index in [1.165, 1.54) is 0 Å². The fourth-order valence-electron chi connectivity index (χ4n) is 4.09. The normalized spacial score (nSPS) is 21.2. The van der Waals surface area contributed by atoms with Crippen LogP contribution in [0.5, 0.6) is 0 Å². The highest BCUT2D eigenvalue weighted by Gasteiger charge is 2.32. The second-order valence-electron chi connectivity index (χ2n) is 7.88. The van der Waals surface area contributed by atoms with Crippen LogP contribution in [-0.4, -0.2) is 56.7 Å². The van der Waals surface area contributed by atoms with Crippen LogP contribution in [0.1, 0.15) is 51.3 Å². The fourth-order valence-corrected chi connectivity index (χ4v) is 4.09. The van der Waals surface area contributed by atoms with Crippen LogP contribution in [-0.2, 0) is 11.8 Å². The number of carbonyl (C=O) groups is 1. The predicted molar refractivity (Wildman–Crippen MR) is 101 cm³/mol. The molecule has 1 atom stereocenters. The Labute approximate surface area is 154 Å².